The maximum Gasteiger partial charge on any atom is 0.328 e. The summed E-state index contributed by atoms with van der Waals surface area (Å²) in [5.74, 6) is 0.349. The average molecular weight is 344 g/mol. The van der Waals surface area contributed by atoms with Gasteiger partial charge in [0.2, 0.25) is 0 Å². The second kappa shape index (κ2) is 5.75. The topological polar surface area (TPSA) is 44.1 Å². The van der Waals surface area contributed by atoms with Gasteiger partial charge in [-0.1, -0.05) is 27.5 Å². The van der Waals surface area contributed by atoms with Crippen LogP contribution in [0.2, 0.25) is 5.02 Å². The molecule has 1 aromatic heterocycles. The molecule has 1 aromatic carbocycles. The van der Waals surface area contributed by atoms with Gasteiger partial charge in [-0.3, -0.25) is 0 Å². The Kier molecular flexibility index (Phi) is 4.27. The van der Waals surface area contributed by atoms with Crippen molar-refractivity contribution in [3.8, 4) is 11.4 Å². The van der Waals surface area contributed by atoms with E-state index in [0.717, 1.165) is 10.0 Å². The maximum absolute atomic E-state index is 11.6. The van der Waals surface area contributed by atoms with Gasteiger partial charge in [0.25, 0.3) is 0 Å². The zero-order valence-corrected chi connectivity index (χ0v) is 12.8. The molecule has 6 heteroatoms. The van der Waals surface area contributed by atoms with Gasteiger partial charge >= 0.3 is 5.97 Å². The summed E-state index contributed by atoms with van der Waals surface area (Å²) >= 11 is 9.42. The monoisotopic (exact) mass is 342 g/mol. The summed E-state index contributed by atoms with van der Waals surface area (Å²) in [6, 6.07) is 5.05. The Morgan fingerprint density at radius 1 is 1.47 bits per heavy atom. The van der Waals surface area contributed by atoms with E-state index in [1.165, 1.54) is 7.11 Å². The van der Waals surface area contributed by atoms with E-state index in [-0.39, 0.29) is 5.97 Å². The fourth-order valence-corrected chi connectivity index (χ4v) is 2.68. The van der Waals surface area contributed by atoms with Crippen LogP contribution in [0.5, 0.6) is 0 Å². The molecule has 1 unspecified atom stereocenters. The van der Waals surface area contributed by atoms with Crippen molar-refractivity contribution in [3.63, 3.8) is 0 Å². The van der Waals surface area contributed by atoms with Crippen molar-refractivity contribution in [1.82, 2.24) is 9.55 Å². The quantitative estimate of drug-likeness (QED) is 0.798. The first kappa shape index (κ1) is 14.1. The summed E-state index contributed by atoms with van der Waals surface area (Å²) in [7, 11) is 1.37. The number of aromatic nitrogens is 2. The molecule has 1 heterocycles. The van der Waals surface area contributed by atoms with Crippen LogP contribution in [0, 0.1) is 0 Å². The standard InChI is InChI=1S/C13H12BrClN2O2/c1-8(13(18)19-2)17-4-3-16-12(17)9-5-10(14)7-11(15)6-9/h3-8H,1-2H3. The molecular weight excluding hydrogens is 332 g/mol. The van der Waals surface area contributed by atoms with E-state index in [0.29, 0.717) is 10.8 Å². The number of hydrogen-bond donors (Lipinski definition) is 0. The molecule has 0 aliphatic rings. The zero-order chi connectivity index (χ0) is 14.0. The van der Waals surface area contributed by atoms with Crippen molar-refractivity contribution in [2.75, 3.05) is 7.11 Å². The zero-order valence-electron chi connectivity index (χ0n) is 10.4. The van der Waals surface area contributed by atoms with Crippen LogP contribution in [0.25, 0.3) is 11.4 Å². The minimum atomic E-state index is -0.444. The lowest BCUT2D eigenvalue weighted by molar-refractivity contribution is -0.143. The second-order valence-corrected chi connectivity index (χ2v) is 5.37. The Morgan fingerprint density at radius 2 is 2.21 bits per heavy atom. The van der Waals surface area contributed by atoms with E-state index >= 15 is 0 Å². The van der Waals surface area contributed by atoms with Gasteiger partial charge in [-0.05, 0) is 25.1 Å². The molecule has 0 aliphatic heterocycles. The maximum atomic E-state index is 11.6. The highest BCUT2D eigenvalue weighted by Gasteiger charge is 2.19. The van der Waals surface area contributed by atoms with Crippen LogP contribution in [0.1, 0.15) is 13.0 Å². The van der Waals surface area contributed by atoms with Crippen molar-refractivity contribution in [3.05, 3.63) is 40.1 Å². The minimum Gasteiger partial charge on any atom is -0.467 e. The van der Waals surface area contributed by atoms with Gasteiger partial charge in [-0.15, -0.1) is 0 Å². The molecular formula is C13H12BrClN2O2. The van der Waals surface area contributed by atoms with Gasteiger partial charge < -0.3 is 9.30 Å². The molecule has 19 heavy (non-hydrogen) atoms. The predicted molar refractivity (Wildman–Crippen MR) is 77.1 cm³/mol. The van der Waals surface area contributed by atoms with Crippen LogP contribution in [0.15, 0.2) is 35.1 Å². The van der Waals surface area contributed by atoms with E-state index in [4.69, 9.17) is 16.3 Å². The second-order valence-electron chi connectivity index (χ2n) is 4.02. The number of rotatable bonds is 3. The number of benzene rings is 1. The number of imidazole rings is 1. The SMILES string of the molecule is COC(=O)C(C)n1ccnc1-c1cc(Cl)cc(Br)c1. The smallest absolute Gasteiger partial charge is 0.328 e. The molecule has 100 valence electrons. The van der Waals surface area contributed by atoms with Gasteiger partial charge in [0, 0.05) is 27.5 Å². The Labute approximate surface area is 124 Å². The summed E-state index contributed by atoms with van der Waals surface area (Å²) in [5.41, 5.74) is 0.833. The fraction of sp³-hybridized carbons (Fsp3) is 0.231. The molecule has 0 spiro atoms. The molecule has 0 radical (unpaired) electrons. The Morgan fingerprint density at radius 3 is 2.84 bits per heavy atom. The van der Waals surface area contributed by atoms with Gasteiger partial charge in [0.15, 0.2) is 0 Å². The average Bonchev–Trinajstić information content (AvgIpc) is 2.84. The van der Waals surface area contributed by atoms with Crippen LogP contribution in [-0.2, 0) is 9.53 Å². The van der Waals surface area contributed by atoms with Crippen LogP contribution in [0.3, 0.4) is 0 Å². The number of nitrogens with zero attached hydrogens (tertiary/aromatic N) is 2. The summed E-state index contributed by atoms with van der Waals surface area (Å²) in [6.45, 7) is 1.76. The van der Waals surface area contributed by atoms with E-state index < -0.39 is 6.04 Å². The van der Waals surface area contributed by atoms with Crippen LogP contribution < -0.4 is 0 Å². The summed E-state index contributed by atoms with van der Waals surface area (Å²) in [5, 5.41) is 0.602. The van der Waals surface area contributed by atoms with Gasteiger partial charge in [-0.2, -0.15) is 0 Å². The summed E-state index contributed by atoms with van der Waals surface area (Å²) in [4.78, 5) is 15.9. The molecule has 0 bridgehead atoms. The number of esters is 1. The molecule has 2 rings (SSSR count). The van der Waals surface area contributed by atoms with E-state index in [1.807, 2.05) is 6.07 Å². The first-order valence-electron chi connectivity index (χ1n) is 5.60. The summed E-state index contributed by atoms with van der Waals surface area (Å²) < 4.78 is 7.36. The van der Waals surface area contributed by atoms with Crippen molar-refractivity contribution in [1.29, 1.82) is 0 Å². The highest BCUT2D eigenvalue weighted by atomic mass is 79.9. The molecule has 2 aromatic rings. The van der Waals surface area contributed by atoms with Crippen molar-refractivity contribution in [2.45, 2.75) is 13.0 Å². The molecule has 0 saturated carbocycles. The predicted octanol–water partition coefficient (Wildman–Crippen LogP) is 3.70. The van der Waals surface area contributed by atoms with Gasteiger partial charge in [-0.25, -0.2) is 9.78 Å². The number of carbonyl (C=O) groups excluding carboxylic acids is 1. The normalized spacial score (nSPS) is 12.2. The lowest BCUT2D eigenvalue weighted by Gasteiger charge is -2.14. The molecule has 0 aliphatic carbocycles. The van der Waals surface area contributed by atoms with Crippen molar-refractivity contribution < 1.29 is 9.53 Å². The largest absolute Gasteiger partial charge is 0.467 e. The van der Waals surface area contributed by atoms with E-state index in [9.17, 15) is 4.79 Å². The molecule has 0 saturated heterocycles. The third kappa shape index (κ3) is 2.98. The van der Waals surface area contributed by atoms with E-state index in [1.54, 1.807) is 36.0 Å². The number of halogens is 2. The minimum absolute atomic E-state index is 0.319. The van der Waals surface area contributed by atoms with Crippen molar-refractivity contribution >= 4 is 33.5 Å². The number of methoxy groups -OCH3 is 1. The number of ether oxygens (including phenoxy) is 1. The number of carbonyl (C=O) groups is 1. The van der Waals surface area contributed by atoms with Gasteiger partial charge in [0.1, 0.15) is 11.9 Å². The lowest BCUT2D eigenvalue weighted by atomic mass is 10.2. The molecule has 1 atom stereocenters. The van der Waals surface area contributed by atoms with Crippen LogP contribution >= 0.6 is 27.5 Å². The third-order valence-electron chi connectivity index (χ3n) is 2.75. The Balaban J connectivity index is 2.47. The third-order valence-corrected chi connectivity index (χ3v) is 3.43. The first-order chi connectivity index (χ1) is 9.02. The fourth-order valence-electron chi connectivity index (χ4n) is 1.82. The van der Waals surface area contributed by atoms with E-state index in [2.05, 4.69) is 20.9 Å². The van der Waals surface area contributed by atoms with Crippen LogP contribution in [0.4, 0.5) is 0 Å². The summed E-state index contributed by atoms with van der Waals surface area (Å²) in [6.07, 6.45) is 3.38. The highest BCUT2D eigenvalue weighted by molar-refractivity contribution is 9.10. The van der Waals surface area contributed by atoms with Crippen LogP contribution in [-0.4, -0.2) is 22.6 Å². The molecule has 4 nitrogen and oxygen atoms in total. The first-order valence-corrected chi connectivity index (χ1v) is 6.77. The molecule has 0 amide bonds. The lowest BCUT2D eigenvalue weighted by Crippen LogP contribution is -2.18. The molecule has 0 fully saturated rings. The molecule has 0 N–H and O–H groups in total. The Hall–Kier alpha value is -1.33. The number of hydrogen-bond acceptors (Lipinski definition) is 3. The Bertz CT molecular complexity index is 592. The van der Waals surface area contributed by atoms with Gasteiger partial charge in [0.05, 0.1) is 7.11 Å². The highest BCUT2D eigenvalue weighted by Crippen LogP contribution is 2.28. The van der Waals surface area contributed by atoms with Crippen molar-refractivity contribution in [2.24, 2.45) is 0 Å².